The molecule has 0 spiro atoms. The van der Waals surface area contributed by atoms with E-state index in [0.29, 0.717) is 29.2 Å². The summed E-state index contributed by atoms with van der Waals surface area (Å²) in [5, 5.41) is 9.62. The lowest BCUT2D eigenvalue weighted by Gasteiger charge is -2.30. The maximum Gasteiger partial charge on any atom is 0.183 e. The van der Waals surface area contributed by atoms with Crippen molar-refractivity contribution in [2.24, 2.45) is 5.92 Å². The average Bonchev–Trinajstić information content (AvgIpc) is 2.48. The van der Waals surface area contributed by atoms with Crippen molar-refractivity contribution in [3.05, 3.63) is 33.3 Å². The molecule has 5 heteroatoms. The molecule has 0 amide bonds. The lowest BCUT2D eigenvalue weighted by atomic mass is 10.0. The molecule has 1 fully saturated rings. The average molecular weight is 328 g/mol. The molecule has 0 N–H and O–H groups in total. The first-order chi connectivity index (χ1) is 10.2. The highest BCUT2D eigenvalue weighted by Gasteiger charge is 2.24. The summed E-state index contributed by atoms with van der Waals surface area (Å²) in [6.07, 6.45) is 4.37. The zero-order valence-corrected chi connectivity index (χ0v) is 13.6. The topological polar surface area (TPSA) is 42.2 Å². The molecule has 1 aliphatic heterocycles. The van der Waals surface area contributed by atoms with Crippen LogP contribution in [-0.2, 0) is 9.47 Å². The molecule has 3 nitrogen and oxygen atoms in total. The minimum atomic E-state index is -0.449. The molecule has 0 aromatic heterocycles. The van der Waals surface area contributed by atoms with Crippen molar-refractivity contribution in [3.63, 3.8) is 0 Å². The van der Waals surface area contributed by atoms with Gasteiger partial charge in [-0.2, -0.15) is 5.26 Å². The molecule has 0 unspecified atom stereocenters. The van der Waals surface area contributed by atoms with Gasteiger partial charge in [0, 0.05) is 11.5 Å². The second-order valence-electron chi connectivity index (χ2n) is 5.33. The predicted octanol–water partition coefficient (Wildman–Crippen LogP) is 5.11. The zero-order valence-electron chi connectivity index (χ0n) is 12.1. The van der Waals surface area contributed by atoms with Crippen molar-refractivity contribution in [3.8, 4) is 6.07 Å². The summed E-state index contributed by atoms with van der Waals surface area (Å²) in [6, 6.07) is 5.36. The van der Waals surface area contributed by atoms with Gasteiger partial charge in [0.1, 0.15) is 6.07 Å². The molecule has 1 saturated heterocycles. The van der Waals surface area contributed by atoms with Gasteiger partial charge in [0.15, 0.2) is 6.29 Å². The van der Waals surface area contributed by atoms with Gasteiger partial charge in [0.25, 0.3) is 0 Å². The van der Waals surface area contributed by atoms with Crippen LogP contribution in [0.25, 0.3) is 0 Å². The van der Waals surface area contributed by atoms with Gasteiger partial charge < -0.3 is 9.47 Å². The van der Waals surface area contributed by atoms with E-state index in [0.717, 1.165) is 12.0 Å². The van der Waals surface area contributed by atoms with E-state index < -0.39 is 6.29 Å². The fourth-order valence-electron chi connectivity index (χ4n) is 2.42. The van der Waals surface area contributed by atoms with Crippen molar-refractivity contribution in [2.45, 2.75) is 38.9 Å². The summed E-state index contributed by atoms with van der Waals surface area (Å²) in [4.78, 5) is 0. The molecular weight excluding hydrogens is 309 g/mol. The van der Waals surface area contributed by atoms with Crippen LogP contribution in [0.2, 0.25) is 10.0 Å². The monoisotopic (exact) mass is 327 g/mol. The van der Waals surface area contributed by atoms with Gasteiger partial charge in [-0.1, -0.05) is 49.4 Å². The number of nitrogens with zero attached hydrogens (tertiary/aromatic N) is 1. The molecule has 21 heavy (non-hydrogen) atoms. The summed E-state index contributed by atoms with van der Waals surface area (Å²) in [7, 11) is 0. The first-order valence-corrected chi connectivity index (χ1v) is 8.03. The molecule has 1 aromatic rings. The Morgan fingerprint density at radius 3 is 2.33 bits per heavy atom. The van der Waals surface area contributed by atoms with Crippen LogP contribution in [0.4, 0.5) is 0 Å². The fourth-order valence-corrected chi connectivity index (χ4v) is 3.01. The van der Waals surface area contributed by atoms with E-state index in [1.165, 1.54) is 19.3 Å². The molecule has 0 saturated carbocycles. The first kappa shape index (κ1) is 16.6. The Morgan fingerprint density at radius 1 is 1.19 bits per heavy atom. The third-order valence-electron chi connectivity index (χ3n) is 3.63. The van der Waals surface area contributed by atoms with Crippen LogP contribution in [0.3, 0.4) is 0 Å². The summed E-state index contributed by atoms with van der Waals surface area (Å²) < 4.78 is 11.5. The lowest BCUT2D eigenvalue weighted by Crippen LogP contribution is -2.27. The zero-order chi connectivity index (χ0) is 15.2. The summed E-state index contributed by atoms with van der Waals surface area (Å²) >= 11 is 12.1. The van der Waals surface area contributed by atoms with Crippen molar-refractivity contribution >= 4 is 23.2 Å². The Balaban J connectivity index is 1.95. The second kappa shape index (κ2) is 8.00. The third-order valence-corrected chi connectivity index (χ3v) is 4.23. The maximum atomic E-state index is 8.96. The molecule has 0 radical (unpaired) electrons. The standard InChI is InChI=1S/C16H19Cl2NO2/c1-2-3-4-5-11-9-20-16(21-10-11)12-6-14(17)13(8-19)15(18)7-12/h6-7,11,16H,2-5,9-10H2,1H3. The Bertz CT molecular complexity index is 496. The Labute approximate surface area is 135 Å². The fraction of sp³-hybridized carbons (Fsp3) is 0.562. The van der Waals surface area contributed by atoms with E-state index in [-0.39, 0.29) is 5.56 Å². The van der Waals surface area contributed by atoms with Crippen LogP contribution >= 0.6 is 23.2 Å². The quantitative estimate of drug-likeness (QED) is 0.706. The van der Waals surface area contributed by atoms with Crippen LogP contribution in [-0.4, -0.2) is 13.2 Å². The number of nitriles is 1. The highest BCUT2D eigenvalue weighted by molar-refractivity contribution is 6.36. The van der Waals surface area contributed by atoms with Gasteiger partial charge >= 0.3 is 0 Å². The molecule has 2 rings (SSSR count). The number of unbranched alkanes of at least 4 members (excludes halogenated alkanes) is 2. The van der Waals surface area contributed by atoms with Gasteiger partial charge in [0.2, 0.25) is 0 Å². The summed E-state index contributed by atoms with van der Waals surface area (Å²) in [6.45, 7) is 3.57. The van der Waals surface area contributed by atoms with E-state index in [4.69, 9.17) is 37.9 Å². The van der Waals surface area contributed by atoms with Gasteiger partial charge in [-0.3, -0.25) is 0 Å². The minimum Gasteiger partial charge on any atom is -0.348 e. The normalized spacial score (nSPS) is 22.0. The van der Waals surface area contributed by atoms with E-state index >= 15 is 0 Å². The van der Waals surface area contributed by atoms with Gasteiger partial charge in [-0.15, -0.1) is 0 Å². The van der Waals surface area contributed by atoms with E-state index in [1.807, 2.05) is 6.07 Å². The number of benzene rings is 1. The maximum absolute atomic E-state index is 8.96. The minimum absolute atomic E-state index is 0.287. The van der Waals surface area contributed by atoms with Crippen molar-refractivity contribution in [1.29, 1.82) is 5.26 Å². The predicted molar refractivity (Wildman–Crippen MR) is 83.5 cm³/mol. The van der Waals surface area contributed by atoms with Crippen LogP contribution in [0, 0.1) is 17.2 Å². The van der Waals surface area contributed by atoms with Crippen molar-refractivity contribution in [1.82, 2.24) is 0 Å². The van der Waals surface area contributed by atoms with Gasteiger partial charge in [-0.25, -0.2) is 0 Å². The van der Waals surface area contributed by atoms with E-state index in [2.05, 4.69) is 6.92 Å². The van der Waals surface area contributed by atoms with Crippen LogP contribution in [0.1, 0.15) is 50.0 Å². The third kappa shape index (κ3) is 4.34. The van der Waals surface area contributed by atoms with Crippen LogP contribution in [0.5, 0.6) is 0 Å². The highest BCUT2D eigenvalue weighted by Crippen LogP contribution is 2.33. The Morgan fingerprint density at radius 2 is 1.81 bits per heavy atom. The SMILES string of the molecule is CCCCCC1COC(c2cc(Cl)c(C#N)c(Cl)c2)OC1. The molecule has 114 valence electrons. The number of hydrogen-bond donors (Lipinski definition) is 0. The number of hydrogen-bond acceptors (Lipinski definition) is 3. The largest absolute Gasteiger partial charge is 0.348 e. The van der Waals surface area contributed by atoms with E-state index in [9.17, 15) is 0 Å². The summed E-state index contributed by atoms with van der Waals surface area (Å²) in [5.74, 6) is 0.456. The summed E-state index contributed by atoms with van der Waals surface area (Å²) in [5.41, 5.74) is 1.05. The highest BCUT2D eigenvalue weighted by atomic mass is 35.5. The van der Waals surface area contributed by atoms with Crippen LogP contribution < -0.4 is 0 Å². The smallest absolute Gasteiger partial charge is 0.183 e. The van der Waals surface area contributed by atoms with Crippen LogP contribution in [0.15, 0.2) is 12.1 Å². The Hall–Kier alpha value is -0.790. The molecule has 1 heterocycles. The first-order valence-electron chi connectivity index (χ1n) is 7.28. The second-order valence-corrected chi connectivity index (χ2v) is 6.15. The molecule has 0 atom stereocenters. The van der Waals surface area contributed by atoms with Crippen molar-refractivity contribution < 1.29 is 9.47 Å². The molecule has 0 aliphatic carbocycles. The van der Waals surface area contributed by atoms with E-state index in [1.54, 1.807) is 12.1 Å². The Kier molecular flexibility index (Phi) is 6.32. The molecule has 1 aromatic carbocycles. The molecule has 0 bridgehead atoms. The van der Waals surface area contributed by atoms with Gasteiger partial charge in [0.05, 0.1) is 28.8 Å². The lowest BCUT2D eigenvalue weighted by molar-refractivity contribution is -0.206. The molecule has 1 aliphatic rings. The van der Waals surface area contributed by atoms with Crippen molar-refractivity contribution in [2.75, 3.05) is 13.2 Å². The van der Waals surface area contributed by atoms with Gasteiger partial charge in [-0.05, 0) is 18.6 Å². The molecular formula is C16H19Cl2NO2. The number of halogens is 2. The number of ether oxygens (including phenoxy) is 2. The number of rotatable bonds is 5.